The molecule has 3 heteroatoms. The highest BCUT2D eigenvalue weighted by atomic mass is 16.5. The number of H-pyrrole nitrogens is 1. The van der Waals surface area contributed by atoms with Gasteiger partial charge in [0.2, 0.25) is 0 Å². The minimum absolute atomic E-state index is 0.0619. The first-order valence-electron chi connectivity index (χ1n) is 9.91. The molecule has 0 radical (unpaired) electrons. The molecule has 2 atom stereocenters. The van der Waals surface area contributed by atoms with Crippen molar-refractivity contribution >= 4 is 10.9 Å². The van der Waals surface area contributed by atoms with Crippen LogP contribution in [0, 0.1) is 12.8 Å². The Morgan fingerprint density at radius 2 is 1.93 bits per heavy atom. The standard InChI is InChI=1S/C24H29NO2/c1-16(2)24(4,18-7-5-17(3)6-8-18)22-14-25-23-13-19(9-10-21(22)23)27-20-11-12-26-15-20/h5-10,13-14,16,20,25H,11-12,15H2,1-4H3. The smallest absolute Gasteiger partial charge is 0.124 e. The number of ether oxygens (including phenoxy) is 2. The van der Waals surface area contributed by atoms with Crippen LogP contribution < -0.4 is 4.74 Å². The number of nitrogens with one attached hydrogen (secondary N) is 1. The van der Waals surface area contributed by atoms with E-state index < -0.39 is 0 Å². The molecule has 0 saturated carbocycles. The van der Waals surface area contributed by atoms with Gasteiger partial charge in [-0.25, -0.2) is 0 Å². The molecule has 0 aliphatic carbocycles. The van der Waals surface area contributed by atoms with Gasteiger partial charge in [0.05, 0.1) is 13.2 Å². The van der Waals surface area contributed by atoms with Crippen molar-refractivity contribution in [3.05, 3.63) is 65.4 Å². The average Bonchev–Trinajstić information content (AvgIpc) is 3.31. The van der Waals surface area contributed by atoms with Crippen molar-refractivity contribution in [1.82, 2.24) is 4.98 Å². The average molecular weight is 364 g/mol. The molecule has 1 aliphatic heterocycles. The zero-order valence-electron chi connectivity index (χ0n) is 16.7. The fourth-order valence-corrected chi connectivity index (χ4v) is 4.11. The molecule has 1 fully saturated rings. The molecule has 2 unspecified atom stereocenters. The van der Waals surface area contributed by atoms with Crippen molar-refractivity contribution in [1.29, 1.82) is 0 Å². The Bertz CT molecular complexity index is 919. The lowest BCUT2D eigenvalue weighted by Crippen LogP contribution is -2.29. The fourth-order valence-electron chi connectivity index (χ4n) is 4.11. The maximum Gasteiger partial charge on any atom is 0.124 e. The Kier molecular flexibility index (Phi) is 4.73. The topological polar surface area (TPSA) is 34.2 Å². The van der Waals surface area contributed by atoms with Crippen LogP contribution in [0.15, 0.2) is 48.7 Å². The number of hydrogen-bond acceptors (Lipinski definition) is 2. The summed E-state index contributed by atoms with van der Waals surface area (Å²) in [6.07, 6.45) is 3.31. The van der Waals surface area contributed by atoms with Crippen LogP contribution in [0.2, 0.25) is 0 Å². The number of aryl methyl sites for hydroxylation is 1. The molecule has 1 N–H and O–H groups in total. The number of aromatic amines is 1. The lowest BCUT2D eigenvalue weighted by Gasteiger charge is -2.35. The maximum absolute atomic E-state index is 6.08. The highest BCUT2D eigenvalue weighted by Crippen LogP contribution is 2.42. The molecule has 142 valence electrons. The zero-order valence-corrected chi connectivity index (χ0v) is 16.7. The van der Waals surface area contributed by atoms with Crippen molar-refractivity contribution in [2.75, 3.05) is 13.2 Å². The summed E-state index contributed by atoms with van der Waals surface area (Å²) in [6, 6.07) is 15.4. The van der Waals surface area contributed by atoms with Crippen molar-refractivity contribution in [3.8, 4) is 5.75 Å². The Balaban J connectivity index is 1.73. The van der Waals surface area contributed by atoms with Crippen LogP contribution in [0.5, 0.6) is 5.75 Å². The summed E-state index contributed by atoms with van der Waals surface area (Å²) in [7, 11) is 0. The molecule has 2 heterocycles. The Labute approximate surface area is 161 Å². The Morgan fingerprint density at radius 3 is 2.59 bits per heavy atom. The number of rotatable bonds is 5. The molecule has 1 aromatic heterocycles. The second kappa shape index (κ2) is 7.05. The second-order valence-electron chi connectivity index (χ2n) is 8.24. The first-order chi connectivity index (χ1) is 13.0. The van der Waals surface area contributed by atoms with E-state index in [2.05, 4.69) is 81.3 Å². The van der Waals surface area contributed by atoms with Crippen molar-refractivity contribution in [2.24, 2.45) is 5.92 Å². The molecule has 2 aromatic carbocycles. The summed E-state index contributed by atoms with van der Waals surface area (Å²) in [5, 5.41) is 1.27. The Morgan fingerprint density at radius 1 is 1.15 bits per heavy atom. The predicted molar refractivity (Wildman–Crippen MR) is 111 cm³/mol. The van der Waals surface area contributed by atoms with Crippen LogP contribution in [0.4, 0.5) is 0 Å². The molecule has 4 rings (SSSR count). The summed E-state index contributed by atoms with van der Waals surface area (Å²) in [6.45, 7) is 10.6. The van der Waals surface area contributed by atoms with E-state index in [1.54, 1.807) is 0 Å². The van der Waals surface area contributed by atoms with Crippen molar-refractivity contribution < 1.29 is 9.47 Å². The maximum atomic E-state index is 6.08. The van der Waals surface area contributed by atoms with Gasteiger partial charge in [0.15, 0.2) is 0 Å². The molecular weight excluding hydrogens is 334 g/mol. The van der Waals surface area contributed by atoms with Gasteiger partial charge in [0, 0.05) is 35.0 Å². The van der Waals surface area contributed by atoms with Crippen LogP contribution >= 0.6 is 0 Å². The molecular formula is C24H29NO2. The molecule has 27 heavy (non-hydrogen) atoms. The summed E-state index contributed by atoms with van der Waals surface area (Å²) in [5.74, 6) is 1.37. The van der Waals surface area contributed by atoms with Crippen LogP contribution in [-0.4, -0.2) is 24.3 Å². The van der Waals surface area contributed by atoms with Gasteiger partial charge in [0.25, 0.3) is 0 Å². The van der Waals surface area contributed by atoms with Crippen molar-refractivity contribution in [2.45, 2.75) is 45.6 Å². The third-order valence-electron chi connectivity index (χ3n) is 6.21. The highest BCUT2D eigenvalue weighted by Gasteiger charge is 2.34. The van der Waals surface area contributed by atoms with E-state index >= 15 is 0 Å². The first-order valence-corrected chi connectivity index (χ1v) is 9.91. The van der Waals surface area contributed by atoms with Gasteiger partial charge in [-0.05, 0) is 36.1 Å². The largest absolute Gasteiger partial charge is 0.488 e. The van der Waals surface area contributed by atoms with E-state index in [1.807, 2.05) is 0 Å². The van der Waals surface area contributed by atoms with E-state index in [4.69, 9.17) is 9.47 Å². The van der Waals surface area contributed by atoms with E-state index in [-0.39, 0.29) is 11.5 Å². The number of fused-ring (bicyclic) bond motifs is 1. The van der Waals surface area contributed by atoms with Gasteiger partial charge in [0.1, 0.15) is 11.9 Å². The predicted octanol–water partition coefficient (Wildman–Crippen LogP) is 5.61. The first kappa shape index (κ1) is 18.1. The van der Waals surface area contributed by atoms with Crippen LogP contribution in [0.3, 0.4) is 0 Å². The van der Waals surface area contributed by atoms with Gasteiger partial charge in [-0.15, -0.1) is 0 Å². The van der Waals surface area contributed by atoms with Gasteiger partial charge >= 0.3 is 0 Å². The normalized spacial score (nSPS) is 19.5. The van der Waals surface area contributed by atoms with E-state index in [9.17, 15) is 0 Å². The lowest BCUT2D eigenvalue weighted by molar-refractivity contribution is 0.141. The minimum atomic E-state index is -0.0619. The summed E-state index contributed by atoms with van der Waals surface area (Å²) in [5.41, 5.74) is 5.05. The Hall–Kier alpha value is -2.26. The zero-order chi connectivity index (χ0) is 19.0. The van der Waals surface area contributed by atoms with Gasteiger partial charge in [-0.1, -0.05) is 50.6 Å². The summed E-state index contributed by atoms with van der Waals surface area (Å²) >= 11 is 0. The quantitative estimate of drug-likeness (QED) is 0.640. The lowest BCUT2D eigenvalue weighted by atomic mass is 9.68. The highest BCUT2D eigenvalue weighted by molar-refractivity contribution is 5.86. The molecule has 0 spiro atoms. The van der Waals surface area contributed by atoms with E-state index in [0.29, 0.717) is 12.5 Å². The SMILES string of the molecule is Cc1ccc(C(C)(c2c[nH]c3cc(OC4CCOC4)ccc23)C(C)C)cc1. The molecule has 1 saturated heterocycles. The molecule has 3 nitrogen and oxygen atoms in total. The van der Waals surface area contributed by atoms with Gasteiger partial charge in [-0.3, -0.25) is 0 Å². The minimum Gasteiger partial charge on any atom is -0.488 e. The van der Waals surface area contributed by atoms with E-state index in [0.717, 1.165) is 24.3 Å². The fraction of sp³-hybridized carbons (Fsp3) is 0.417. The van der Waals surface area contributed by atoms with Gasteiger partial charge < -0.3 is 14.5 Å². The van der Waals surface area contributed by atoms with Crippen LogP contribution in [0.1, 0.15) is 43.9 Å². The third-order valence-corrected chi connectivity index (χ3v) is 6.21. The van der Waals surface area contributed by atoms with Crippen molar-refractivity contribution in [3.63, 3.8) is 0 Å². The monoisotopic (exact) mass is 363 g/mol. The molecule has 0 bridgehead atoms. The third kappa shape index (κ3) is 3.25. The van der Waals surface area contributed by atoms with Gasteiger partial charge in [-0.2, -0.15) is 0 Å². The number of hydrogen-bond donors (Lipinski definition) is 1. The van der Waals surface area contributed by atoms with Crippen LogP contribution in [0.25, 0.3) is 10.9 Å². The van der Waals surface area contributed by atoms with Crippen LogP contribution in [-0.2, 0) is 10.2 Å². The van der Waals surface area contributed by atoms with E-state index in [1.165, 1.54) is 22.1 Å². The molecule has 3 aromatic rings. The molecule has 0 amide bonds. The summed E-state index contributed by atoms with van der Waals surface area (Å²) in [4.78, 5) is 3.48. The summed E-state index contributed by atoms with van der Waals surface area (Å²) < 4.78 is 11.5. The molecule has 1 aliphatic rings. The second-order valence-corrected chi connectivity index (χ2v) is 8.24. The number of benzene rings is 2. The number of aromatic nitrogens is 1.